The van der Waals surface area contributed by atoms with E-state index < -0.39 is 0 Å². The third kappa shape index (κ3) is 6.64. The first-order valence-corrected chi connectivity index (χ1v) is 9.36. The van der Waals surface area contributed by atoms with Crippen LogP contribution in [0.2, 0.25) is 0 Å². The predicted molar refractivity (Wildman–Crippen MR) is 107 cm³/mol. The van der Waals surface area contributed by atoms with Crippen molar-refractivity contribution >= 4 is 28.3 Å². The molecule has 0 saturated carbocycles. The summed E-state index contributed by atoms with van der Waals surface area (Å²) < 4.78 is 0. The van der Waals surface area contributed by atoms with Crippen molar-refractivity contribution in [3.05, 3.63) is 59.5 Å². The summed E-state index contributed by atoms with van der Waals surface area (Å²) in [6, 6.07) is 8.20. The number of carbonyl (C=O) groups excluding carboxylic acids is 2. The lowest BCUT2D eigenvalue weighted by molar-refractivity contribution is -0.119. The summed E-state index contributed by atoms with van der Waals surface area (Å²) in [7, 11) is 0. The first-order chi connectivity index (χ1) is 12.6. The molecule has 136 valence electrons. The van der Waals surface area contributed by atoms with Crippen LogP contribution in [0.25, 0.3) is 11.3 Å². The Morgan fingerprint density at radius 3 is 2.65 bits per heavy atom. The molecule has 2 aromatic rings. The van der Waals surface area contributed by atoms with Gasteiger partial charge < -0.3 is 5.32 Å². The number of hydrogen-bond acceptors (Lipinski definition) is 4. The lowest BCUT2D eigenvalue weighted by atomic mass is 10.1. The van der Waals surface area contributed by atoms with Crippen molar-refractivity contribution < 1.29 is 9.59 Å². The van der Waals surface area contributed by atoms with Crippen LogP contribution in [0.1, 0.15) is 25.8 Å². The fourth-order valence-corrected chi connectivity index (χ4v) is 2.99. The van der Waals surface area contributed by atoms with E-state index >= 15 is 0 Å². The van der Waals surface area contributed by atoms with Crippen LogP contribution in [0.3, 0.4) is 0 Å². The summed E-state index contributed by atoms with van der Waals surface area (Å²) in [5, 5.41) is 8.06. The SMILES string of the molecule is C/C=C/C=C/C(=O)Nc1nc(-c2ccc(CCCNC(C)=O)cc2)cs1. The van der Waals surface area contributed by atoms with Crippen molar-refractivity contribution in [2.75, 3.05) is 11.9 Å². The number of aryl methyl sites for hydroxylation is 1. The average molecular weight is 369 g/mol. The Morgan fingerprint density at radius 2 is 1.96 bits per heavy atom. The number of benzene rings is 1. The van der Waals surface area contributed by atoms with Gasteiger partial charge in [-0.15, -0.1) is 11.3 Å². The monoisotopic (exact) mass is 369 g/mol. The second-order valence-corrected chi connectivity index (χ2v) is 6.55. The molecule has 0 unspecified atom stereocenters. The molecule has 2 N–H and O–H groups in total. The molecule has 1 aromatic heterocycles. The smallest absolute Gasteiger partial charge is 0.250 e. The van der Waals surface area contributed by atoms with Gasteiger partial charge in [-0.3, -0.25) is 14.9 Å². The van der Waals surface area contributed by atoms with E-state index in [4.69, 9.17) is 0 Å². The number of nitrogens with one attached hydrogen (secondary N) is 2. The largest absolute Gasteiger partial charge is 0.356 e. The minimum atomic E-state index is -0.196. The van der Waals surface area contributed by atoms with Gasteiger partial charge in [0, 0.05) is 30.5 Å². The van der Waals surface area contributed by atoms with E-state index in [1.54, 1.807) is 12.2 Å². The molecule has 0 saturated heterocycles. The molecule has 26 heavy (non-hydrogen) atoms. The highest BCUT2D eigenvalue weighted by atomic mass is 32.1. The van der Waals surface area contributed by atoms with Crippen LogP contribution in [0, 0.1) is 0 Å². The Labute approximate surface area is 157 Å². The number of thiazole rings is 1. The molecule has 1 heterocycles. The first kappa shape index (κ1) is 19.6. The van der Waals surface area contributed by atoms with Crippen LogP contribution in [0.4, 0.5) is 5.13 Å². The standard InChI is InChI=1S/C20H23N3O2S/c1-3-4-5-8-19(25)23-20-22-18(14-26-20)17-11-9-16(10-12-17)7-6-13-21-15(2)24/h3-5,8-12,14H,6-7,13H2,1-2H3,(H,21,24)(H,22,23,25)/b4-3+,8-5+. The fraction of sp³-hybridized carbons (Fsp3) is 0.250. The minimum Gasteiger partial charge on any atom is -0.356 e. The summed E-state index contributed by atoms with van der Waals surface area (Å²) >= 11 is 1.40. The zero-order chi connectivity index (χ0) is 18.8. The van der Waals surface area contributed by atoms with Gasteiger partial charge in [0.1, 0.15) is 0 Å². The lowest BCUT2D eigenvalue weighted by Crippen LogP contribution is -2.21. The summed E-state index contributed by atoms with van der Waals surface area (Å²) in [5.74, 6) is -0.192. The van der Waals surface area contributed by atoms with E-state index in [9.17, 15) is 9.59 Å². The van der Waals surface area contributed by atoms with Gasteiger partial charge in [-0.2, -0.15) is 0 Å². The molecule has 2 rings (SSSR count). The summed E-state index contributed by atoms with van der Waals surface area (Å²) in [4.78, 5) is 27.1. The maximum atomic E-state index is 11.8. The molecule has 6 heteroatoms. The zero-order valence-electron chi connectivity index (χ0n) is 15.0. The third-order valence-corrected chi connectivity index (χ3v) is 4.31. The third-order valence-electron chi connectivity index (χ3n) is 3.55. The van der Waals surface area contributed by atoms with Crippen molar-refractivity contribution in [3.8, 4) is 11.3 Å². The van der Waals surface area contributed by atoms with Crippen LogP contribution in [-0.4, -0.2) is 23.3 Å². The molecule has 0 aliphatic carbocycles. The fourth-order valence-electron chi connectivity index (χ4n) is 2.26. The molecule has 0 aliphatic heterocycles. The second kappa shape index (κ2) is 10.3. The Morgan fingerprint density at radius 1 is 1.19 bits per heavy atom. The number of nitrogens with zero attached hydrogens (tertiary/aromatic N) is 1. The summed E-state index contributed by atoms with van der Waals surface area (Å²) in [6.07, 6.45) is 8.63. The molecular formula is C20H23N3O2S. The molecule has 1 aromatic carbocycles. The molecule has 5 nitrogen and oxygen atoms in total. The van der Waals surface area contributed by atoms with Crippen molar-refractivity contribution in [1.82, 2.24) is 10.3 Å². The van der Waals surface area contributed by atoms with E-state index in [2.05, 4.69) is 27.8 Å². The van der Waals surface area contributed by atoms with E-state index in [1.165, 1.54) is 29.9 Å². The van der Waals surface area contributed by atoms with Gasteiger partial charge in [0.2, 0.25) is 11.8 Å². The zero-order valence-corrected chi connectivity index (χ0v) is 15.8. The predicted octanol–water partition coefficient (Wildman–Crippen LogP) is 3.95. The van der Waals surface area contributed by atoms with Gasteiger partial charge in [0.05, 0.1) is 5.69 Å². The first-order valence-electron chi connectivity index (χ1n) is 8.48. The van der Waals surface area contributed by atoms with Gasteiger partial charge in [-0.05, 0) is 25.3 Å². The van der Waals surface area contributed by atoms with Gasteiger partial charge in [-0.25, -0.2) is 4.98 Å². The van der Waals surface area contributed by atoms with E-state index in [0.29, 0.717) is 11.7 Å². The van der Waals surface area contributed by atoms with Gasteiger partial charge in [-0.1, -0.05) is 42.5 Å². The molecular weight excluding hydrogens is 346 g/mol. The van der Waals surface area contributed by atoms with Crippen LogP contribution in [0.5, 0.6) is 0 Å². The second-order valence-electron chi connectivity index (χ2n) is 5.70. The van der Waals surface area contributed by atoms with Crippen LogP contribution >= 0.6 is 11.3 Å². The lowest BCUT2D eigenvalue weighted by Gasteiger charge is -2.04. The molecule has 0 radical (unpaired) electrons. The Bertz CT molecular complexity index is 792. The van der Waals surface area contributed by atoms with Crippen LogP contribution < -0.4 is 10.6 Å². The molecule has 0 atom stereocenters. The summed E-state index contributed by atoms with van der Waals surface area (Å²) in [5.41, 5.74) is 3.07. The highest BCUT2D eigenvalue weighted by Gasteiger charge is 2.06. The average Bonchev–Trinajstić information content (AvgIpc) is 3.08. The van der Waals surface area contributed by atoms with Crippen LogP contribution in [0.15, 0.2) is 53.9 Å². The van der Waals surface area contributed by atoms with E-state index in [0.717, 1.165) is 24.1 Å². The summed E-state index contributed by atoms with van der Waals surface area (Å²) in [6.45, 7) is 4.11. The van der Waals surface area contributed by atoms with Crippen LogP contribution in [-0.2, 0) is 16.0 Å². The Balaban J connectivity index is 1.90. The van der Waals surface area contributed by atoms with Gasteiger partial charge in [0.25, 0.3) is 0 Å². The highest BCUT2D eigenvalue weighted by Crippen LogP contribution is 2.25. The van der Waals surface area contributed by atoms with E-state index in [1.807, 2.05) is 30.5 Å². The maximum Gasteiger partial charge on any atom is 0.250 e. The van der Waals surface area contributed by atoms with Crippen molar-refractivity contribution in [2.45, 2.75) is 26.7 Å². The van der Waals surface area contributed by atoms with Gasteiger partial charge in [0.15, 0.2) is 5.13 Å². The Hall–Kier alpha value is -2.73. The molecule has 0 bridgehead atoms. The Kier molecular flexibility index (Phi) is 7.76. The molecule has 0 spiro atoms. The number of anilines is 1. The maximum absolute atomic E-state index is 11.8. The molecule has 2 amide bonds. The number of hydrogen-bond donors (Lipinski definition) is 2. The topological polar surface area (TPSA) is 71.1 Å². The number of carbonyl (C=O) groups is 2. The molecule has 0 fully saturated rings. The van der Waals surface area contributed by atoms with Crippen molar-refractivity contribution in [2.24, 2.45) is 0 Å². The van der Waals surface area contributed by atoms with E-state index in [-0.39, 0.29) is 11.8 Å². The highest BCUT2D eigenvalue weighted by molar-refractivity contribution is 7.14. The van der Waals surface area contributed by atoms with Crippen molar-refractivity contribution in [1.29, 1.82) is 0 Å². The number of allylic oxidation sites excluding steroid dienone is 3. The number of amides is 2. The normalized spacial score (nSPS) is 11.2. The molecule has 0 aliphatic rings. The van der Waals surface area contributed by atoms with Gasteiger partial charge >= 0.3 is 0 Å². The number of aromatic nitrogens is 1. The number of rotatable bonds is 8. The quantitative estimate of drug-likeness (QED) is 0.420. The minimum absolute atomic E-state index is 0.00379. The van der Waals surface area contributed by atoms with Crippen molar-refractivity contribution in [3.63, 3.8) is 0 Å².